The second-order valence-electron chi connectivity index (χ2n) is 3.80. The predicted octanol–water partition coefficient (Wildman–Crippen LogP) is 1.12. The molecule has 90 valence electrons. The molecule has 0 aromatic heterocycles. The fourth-order valence-electron chi connectivity index (χ4n) is 1.83. The van der Waals surface area contributed by atoms with Gasteiger partial charge < -0.3 is 14.8 Å². The molecule has 1 aromatic carbocycles. The van der Waals surface area contributed by atoms with Crippen LogP contribution in [0.3, 0.4) is 0 Å². The van der Waals surface area contributed by atoms with Gasteiger partial charge in [0.2, 0.25) is 0 Å². The molecule has 1 heterocycles. The molecule has 17 heavy (non-hydrogen) atoms. The van der Waals surface area contributed by atoms with E-state index in [-0.39, 0.29) is 18.6 Å². The molecule has 1 aliphatic rings. The molecule has 1 N–H and O–H groups in total. The van der Waals surface area contributed by atoms with Gasteiger partial charge in [0.1, 0.15) is 6.61 Å². The molecule has 1 atom stereocenters. The normalized spacial score (nSPS) is 17.9. The van der Waals surface area contributed by atoms with Crippen molar-refractivity contribution in [3.05, 3.63) is 35.4 Å². The second kappa shape index (κ2) is 4.86. The summed E-state index contributed by atoms with van der Waals surface area (Å²) in [6.45, 7) is 0.118. The van der Waals surface area contributed by atoms with E-state index in [4.69, 9.17) is 4.74 Å². The minimum absolute atomic E-state index is 0.118. The molecule has 0 aliphatic carbocycles. The van der Waals surface area contributed by atoms with E-state index in [1.165, 1.54) is 7.11 Å². The summed E-state index contributed by atoms with van der Waals surface area (Å²) in [6.07, 6.45) is -0.0862. The van der Waals surface area contributed by atoms with Crippen LogP contribution in [-0.4, -0.2) is 31.8 Å². The molecule has 0 saturated carbocycles. The average molecular weight is 235 g/mol. The van der Waals surface area contributed by atoms with Crippen molar-refractivity contribution in [1.82, 2.24) is 5.32 Å². The molecule has 2 rings (SSSR count). The molecule has 0 bridgehead atoms. The molecule has 0 saturated heterocycles. The molecule has 0 spiro atoms. The SMILES string of the molecule is COC(=O)OC[C@@H]1Cc2ccccc2C(=O)N1. The summed E-state index contributed by atoms with van der Waals surface area (Å²) < 4.78 is 9.18. The van der Waals surface area contributed by atoms with Crippen LogP contribution in [0.15, 0.2) is 24.3 Å². The van der Waals surface area contributed by atoms with Gasteiger partial charge in [-0.3, -0.25) is 4.79 Å². The lowest BCUT2D eigenvalue weighted by Crippen LogP contribution is -2.44. The Hall–Kier alpha value is -2.04. The van der Waals surface area contributed by atoms with Crippen LogP contribution in [0.5, 0.6) is 0 Å². The Bertz CT molecular complexity index is 444. The van der Waals surface area contributed by atoms with E-state index < -0.39 is 6.16 Å². The van der Waals surface area contributed by atoms with Crippen LogP contribution in [-0.2, 0) is 15.9 Å². The molecule has 0 unspecified atom stereocenters. The van der Waals surface area contributed by atoms with Crippen molar-refractivity contribution in [2.75, 3.05) is 13.7 Å². The summed E-state index contributed by atoms with van der Waals surface area (Å²) in [5.74, 6) is -0.134. The van der Waals surface area contributed by atoms with Crippen molar-refractivity contribution in [2.45, 2.75) is 12.5 Å². The predicted molar refractivity (Wildman–Crippen MR) is 59.8 cm³/mol. The Morgan fingerprint density at radius 2 is 2.24 bits per heavy atom. The molecule has 1 aliphatic heterocycles. The lowest BCUT2D eigenvalue weighted by atomic mass is 9.96. The first-order valence-corrected chi connectivity index (χ1v) is 5.30. The molecule has 1 aromatic rings. The summed E-state index contributed by atoms with van der Waals surface area (Å²) in [7, 11) is 1.25. The smallest absolute Gasteiger partial charge is 0.438 e. The molecular formula is C12H13NO4. The fourth-order valence-corrected chi connectivity index (χ4v) is 1.83. The maximum Gasteiger partial charge on any atom is 0.508 e. The third-order valence-corrected chi connectivity index (χ3v) is 2.63. The maximum absolute atomic E-state index is 11.7. The monoisotopic (exact) mass is 235 g/mol. The van der Waals surface area contributed by atoms with E-state index >= 15 is 0 Å². The third kappa shape index (κ3) is 2.55. The van der Waals surface area contributed by atoms with Crippen LogP contribution in [0, 0.1) is 0 Å². The number of hydrogen-bond donors (Lipinski definition) is 1. The van der Waals surface area contributed by atoms with Crippen LogP contribution in [0.2, 0.25) is 0 Å². The molecule has 5 nitrogen and oxygen atoms in total. The first-order valence-electron chi connectivity index (χ1n) is 5.30. The second-order valence-corrected chi connectivity index (χ2v) is 3.80. The summed E-state index contributed by atoms with van der Waals surface area (Å²) in [4.78, 5) is 22.6. The zero-order valence-electron chi connectivity index (χ0n) is 9.43. The van der Waals surface area contributed by atoms with Gasteiger partial charge in [0, 0.05) is 5.56 Å². The Morgan fingerprint density at radius 3 is 3.00 bits per heavy atom. The lowest BCUT2D eigenvalue weighted by molar-refractivity contribution is 0.0607. The number of fused-ring (bicyclic) bond motifs is 1. The van der Waals surface area contributed by atoms with Crippen LogP contribution >= 0.6 is 0 Å². The summed E-state index contributed by atoms with van der Waals surface area (Å²) in [5, 5.41) is 2.78. The first-order chi connectivity index (χ1) is 8.20. The van der Waals surface area contributed by atoms with E-state index in [0.717, 1.165) is 5.56 Å². The van der Waals surface area contributed by atoms with Crippen molar-refractivity contribution in [3.8, 4) is 0 Å². The number of nitrogens with one attached hydrogen (secondary N) is 1. The van der Waals surface area contributed by atoms with Crippen molar-refractivity contribution in [2.24, 2.45) is 0 Å². The highest BCUT2D eigenvalue weighted by Gasteiger charge is 2.24. The van der Waals surface area contributed by atoms with Crippen molar-refractivity contribution < 1.29 is 19.1 Å². The van der Waals surface area contributed by atoms with Crippen molar-refractivity contribution in [3.63, 3.8) is 0 Å². The number of rotatable bonds is 2. The molecule has 5 heteroatoms. The van der Waals surface area contributed by atoms with E-state index in [2.05, 4.69) is 10.1 Å². The number of amides is 1. The van der Waals surface area contributed by atoms with Gasteiger partial charge in [0.05, 0.1) is 13.2 Å². The van der Waals surface area contributed by atoms with Crippen LogP contribution in [0.1, 0.15) is 15.9 Å². The zero-order chi connectivity index (χ0) is 12.3. The Morgan fingerprint density at radius 1 is 1.47 bits per heavy atom. The standard InChI is InChI=1S/C12H13NO4/c1-16-12(15)17-7-9-6-8-4-2-3-5-10(8)11(14)13-9/h2-5,9H,6-7H2,1H3,(H,13,14)/t9-/m0/s1. The van der Waals surface area contributed by atoms with Crippen molar-refractivity contribution >= 4 is 12.1 Å². The molecular weight excluding hydrogens is 222 g/mol. The number of methoxy groups -OCH3 is 1. The van der Waals surface area contributed by atoms with Crippen LogP contribution in [0.4, 0.5) is 4.79 Å². The van der Waals surface area contributed by atoms with Crippen LogP contribution in [0.25, 0.3) is 0 Å². The molecule has 1 amide bonds. The van der Waals surface area contributed by atoms with Gasteiger partial charge in [0.15, 0.2) is 0 Å². The summed E-state index contributed by atoms with van der Waals surface area (Å²) >= 11 is 0. The van der Waals surface area contributed by atoms with Gasteiger partial charge in [-0.25, -0.2) is 4.79 Å². The number of ether oxygens (including phenoxy) is 2. The highest BCUT2D eigenvalue weighted by atomic mass is 16.7. The fraction of sp³-hybridized carbons (Fsp3) is 0.333. The third-order valence-electron chi connectivity index (χ3n) is 2.63. The van der Waals surface area contributed by atoms with Gasteiger partial charge in [-0.15, -0.1) is 0 Å². The number of carbonyl (C=O) groups is 2. The van der Waals surface area contributed by atoms with E-state index in [9.17, 15) is 9.59 Å². The number of hydrogen-bond acceptors (Lipinski definition) is 4. The number of benzene rings is 1. The summed E-state index contributed by atoms with van der Waals surface area (Å²) in [6, 6.07) is 7.19. The first kappa shape index (κ1) is 11.4. The minimum atomic E-state index is -0.738. The minimum Gasteiger partial charge on any atom is -0.438 e. The van der Waals surface area contributed by atoms with E-state index in [1.54, 1.807) is 6.07 Å². The largest absolute Gasteiger partial charge is 0.508 e. The Kier molecular flexibility index (Phi) is 3.27. The van der Waals surface area contributed by atoms with Gasteiger partial charge in [-0.05, 0) is 18.1 Å². The van der Waals surface area contributed by atoms with Gasteiger partial charge in [-0.2, -0.15) is 0 Å². The van der Waals surface area contributed by atoms with Gasteiger partial charge >= 0.3 is 6.16 Å². The van der Waals surface area contributed by atoms with Crippen molar-refractivity contribution in [1.29, 1.82) is 0 Å². The number of carbonyl (C=O) groups excluding carboxylic acids is 2. The van der Waals surface area contributed by atoms with E-state index in [0.29, 0.717) is 12.0 Å². The lowest BCUT2D eigenvalue weighted by Gasteiger charge is -2.24. The quantitative estimate of drug-likeness (QED) is 0.780. The van der Waals surface area contributed by atoms with Crippen LogP contribution < -0.4 is 5.32 Å². The highest BCUT2D eigenvalue weighted by Crippen LogP contribution is 2.16. The molecule has 0 fully saturated rings. The average Bonchev–Trinajstić information content (AvgIpc) is 2.36. The topological polar surface area (TPSA) is 64.6 Å². The maximum atomic E-state index is 11.7. The van der Waals surface area contributed by atoms with Gasteiger partial charge in [0.25, 0.3) is 5.91 Å². The van der Waals surface area contributed by atoms with E-state index in [1.807, 2.05) is 18.2 Å². The molecule has 0 radical (unpaired) electrons. The summed E-state index contributed by atoms with van der Waals surface area (Å²) in [5.41, 5.74) is 1.65. The highest BCUT2D eigenvalue weighted by molar-refractivity contribution is 5.97. The zero-order valence-corrected chi connectivity index (χ0v) is 9.43. The Balaban J connectivity index is 2.02. The van der Waals surface area contributed by atoms with Gasteiger partial charge in [-0.1, -0.05) is 18.2 Å². The Labute approximate surface area is 98.7 Å².